The molecule has 0 atom stereocenters. The van der Waals surface area contributed by atoms with Gasteiger partial charge in [0.05, 0.1) is 13.2 Å². The summed E-state index contributed by atoms with van der Waals surface area (Å²) in [6.07, 6.45) is 7.13. The lowest BCUT2D eigenvalue weighted by molar-refractivity contribution is -0.131. The first-order valence-corrected chi connectivity index (χ1v) is 9.79. The number of carboxylic acids is 1. The highest BCUT2D eigenvalue weighted by atomic mass is 16.5. The molecular formula is C25H22N2O3. The van der Waals surface area contributed by atoms with E-state index < -0.39 is 5.97 Å². The highest BCUT2D eigenvalue weighted by Gasteiger charge is 2.05. The highest BCUT2D eigenvalue weighted by Crippen LogP contribution is 2.21. The van der Waals surface area contributed by atoms with Gasteiger partial charge in [-0.1, -0.05) is 48.5 Å². The molecule has 4 aromatic rings. The SMILES string of the molecule is O=C(O)C=Cc1ccc(Cn2cccn2)cc1CCOc1ccc2ccccc2c1. The van der Waals surface area contributed by atoms with Crippen LogP contribution in [0, 0.1) is 0 Å². The monoisotopic (exact) mass is 398 g/mol. The molecule has 0 radical (unpaired) electrons. The quantitative estimate of drug-likeness (QED) is 0.433. The standard InChI is InChI=1S/C25H22N2O3/c28-25(29)11-9-21-7-6-19(18-27-14-3-13-26-27)16-23(21)12-15-30-24-10-8-20-4-1-2-5-22(20)17-24/h1-11,13-14,16-17H,12,15,18H2,(H,28,29). The summed E-state index contributed by atoms with van der Waals surface area (Å²) in [6, 6.07) is 22.2. The Balaban J connectivity index is 1.49. The van der Waals surface area contributed by atoms with Gasteiger partial charge in [-0.25, -0.2) is 4.79 Å². The van der Waals surface area contributed by atoms with E-state index in [-0.39, 0.29) is 0 Å². The van der Waals surface area contributed by atoms with Crippen molar-refractivity contribution in [1.29, 1.82) is 0 Å². The van der Waals surface area contributed by atoms with E-state index in [2.05, 4.69) is 29.4 Å². The molecule has 0 aliphatic heterocycles. The number of aliphatic carboxylic acids is 1. The summed E-state index contributed by atoms with van der Waals surface area (Å²) >= 11 is 0. The summed E-state index contributed by atoms with van der Waals surface area (Å²) in [7, 11) is 0. The van der Waals surface area contributed by atoms with Gasteiger partial charge in [-0.2, -0.15) is 5.10 Å². The van der Waals surface area contributed by atoms with Crippen LogP contribution in [0.2, 0.25) is 0 Å². The summed E-state index contributed by atoms with van der Waals surface area (Å²) < 4.78 is 7.85. The lowest BCUT2D eigenvalue weighted by Gasteiger charge is -2.12. The molecule has 5 heteroatoms. The van der Waals surface area contributed by atoms with E-state index in [0.29, 0.717) is 19.6 Å². The van der Waals surface area contributed by atoms with Crippen molar-refractivity contribution in [3.63, 3.8) is 0 Å². The first kappa shape index (κ1) is 19.5. The summed E-state index contributed by atoms with van der Waals surface area (Å²) in [5.41, 5.74) is 3.02. The van der Waals surface area contributed by atoms with Crippen molar-refractivity contribution in [3.05, 3.63) is 102 Å². The van der Waals surface area contributed by atoms with E-state index in [4.69, 9.17) is 9.84 Å². The van der Waals surface area contributed by atoms with E-state index in [1.165, 1.54) is 5.39 Å². The maximum Gasteiger partial charge on any atom is 0.328 e. The van der Waals surface area contributed by atoms with E-state index in [9.17, 15) is 4.79 Å². The fraction of sp³-hybridized carbons (Fsp3) is 0.120. The molecule has 3 aromatic carbocycles. The number of carbonyl (C=O) groups is 1. The Kier molecular flexibility index (Phi) is 5.90. The second-order valence-corrected chi connectivity index (χ2v) is 7.02. The molecule has 1 N–H and O–H groups in total. The van der Waals surface area contributed by atoms with Crippen LogP contribution in [0.15, 0.2) is 85.2 Å². The van der Waals surface area contributed by atoms with Crippen LogP contribution in [0.4, 0.5) is 0 Å². The summed E-state index contributed by atoms with van der Waals surface area (Å²) in [4.78, 5) is 10.9. The molecule has 0 fully saturated rings. The average molecular weight is 398 g/mol. The second-order valence-electron chi connectivity index (χ2n) is 7.02. The van der Waals surface area contributed by atoms with Crippen LogP contribution in [-0.2, 0) is 17.8 Å². The Morgan fingerprint density at radius 1 is 1.03 bits per heavy atom. The van der Waals surface area contributed by atoms with Crippen LogP contribution in [0.1, 0.15) is 16.7 Å². The minimum atomic E-state index is -0.964. The van der Waals surface area contributed by atoms with Gasteiger partial charge in [-0.3, -0.25) is 4.68 Å². The summed E-state index contributed by atoms with van der Waals surface area (Å²) in [5.74, 6) is -0.141. The molecule has 0 aliphatic rings. The topological polar surface area (TPSA) is 64.3 Å². The molecule has 30 heavy (non-hydrogen) atoms. The number of hydrogen-bond acceptors (Lipinski definition) is 3. The minimum absolute atomic E-state index is 0.497. The number of rotatable bonds is 8. The normalized spacial score (nSPS) is 11.2. The van der Waals surface area contributed by atoms with Crippen molar-refractivity contribution in [2.45, 2.75) is 13.0 Å². The Bertz CT molecular complexity index is 1180. The number of ether oxygens (including phenoxy) is 1. The van der Waals surface area contributed by atoms with Gasteiger partial charge in [0.15, 0.2) is 0 Å². The van der Waals surface area contributed by atoms with E-state index >= 15 is 0 Å². The highest BCUT2D eigenvalue weighted by molar-refractivity contribution is 5.85. The maximum atomic E-state index is 10.9. The van der Waals surface area contributed by atoms with Crippen molar-refractivity contribution < 1.29 is 14.6 Å². The third-order valence-corrected chi connectivity index (χ3v) is 4.88. The van der Waals surface area contributed by atoms with Crippen LogP contribution in [0.3, 0.4) is 0 Å². The predicted octanol–water partition coefficient (Wildman–Crippen LogP) is 4.80. The van der Waals surface area contributed by atoms with Crippen LogP contribution < -0.4 is 4.74 Å². The van der Waals surface area contributed by atoms with Gasteiger partial charge < -0.3 is 9.84 Å². The van der Waals surface area contributed by atoms with Crippen LogP contribution in [0.25, 0.3) is 16.8 Å². The Hall–Kier alpha value is -3.86. The summed E-state index contributed by atoms with van der Waals surface area (Å²) in [6.45, 7) is 1.16. The molecule has 0 saturated carbocycles. The molecule has 5 nitrogen and oxygen atoms in total. The predicted molar refractivity (Wildman–Crippen MR) is 118 cm³/mol. The number of fused-ring (bicyclic) bond motifs is 1. The fourth-order valence-electron chi connectivity index (χ4n) is 3.41. The Labute approximate surface area is 174 Å². The molecule has 0 aliphatic carbocycles. The Morgan fingerprint density at radius 2 is 1.90 bits per heavy atom. The largest absolute Gasteiger partial charge is 0.493 e. The fourth-order valence-corrected chi connectivity index (χ4v) is 3.41. The van der Waals surface area contributed by atoms with E-state index in [1.54, 1.807) is 12.3 Å². The molecule has 150 valence electrons. The van der Waals surface area contributed by atoms with Crippen molar-refractivity contribution in [2.24, 2.45) is 0 Å². The first-order chi connectivity index (χ1) is 14.7. The van der Waals surface area contributed by atoms with Gasteiger partial charge in [-0.05, 0) is 51.7 Å². The molecule has 1 aromatic heterocycles. The van der Waals surface area contributed by atoms with Gasteiger partial charge >= 0.3 is 5.97 Å². The first-order valence-electron chi connectivity index (χ1n) is 9.79. The molecule has 0 saturated heterocycles. The molecular weight excluding hydrogens is 376 g/mol. The lowest BCUT2D eigenvalue weighted by Crippen LogP contribution is -2.05. The van der Waals surface area contributed by atoms with Crippen molar-refractivity contribution in [3.8, 4) is 5.75 Å². The number of hydrogen-bond donors (Lipinski definition) is 1. The number of aromatic nitrogens is 2. The van der Waals surface area contributed by atoms with E-state index in [0.717, 1.165) is 33.9 Å². The molecule has 1 heterocycles. The van der Waals surface area contributed by atoms with Crippen LogP contribution in [-0.4, -0.2) is 27.5 Å². The molecule has 4 rings (SSSR count). The zero-order valence-electron chi connectivity index (χ0n) is 16.4. The smallest absolute Gasteiger partial charge is 0.328 e. The van der Waals surface area contributed by atoms with Crippen LogP contribution in [0.5, 0.6) is 5.75 Å². The number of nitrogens with zero attached hydrogens (tertiary/aromatic N) is 2. The van der Waals surface area contributed by atoms with Gasteiger partial charge in [-0.15, -0.1) is 0 Å². The zero-order chi connectivity index (χ0) is 20.8. The third kappa shape index (κ3) is 4.94. The zero-order valence-corrected chi connectivity index (χ0v) is 16.4. The van der Waals surface area contributed by atoms with Gasteiger partial charge in [0, 0.05) is 24.9 Å². The van der Waals surface area contributed by atoms with Gasteiger partial charge in [0.25, 0.3) is 0 Å². The molecule has 0 amide bonds. The minimum Gasteiger partial charge on any atom is -0.493 e. The molecule has 0 unspecified atom stereocenters. The van der Waals surface area contributed by atoms with Gasteiger partial charge in [0.2, 0.25) is 0 Å². The average Bonchev–Trinajstić information content (AvgIpc) is 3.26. The lowest BCUT2D eigenvalue weighted by atomic mass is 10.0. The number of carboxylic acid groups (broad SMARTS) is 1. The summed E-state index contributed by atoms with van der Waals surface area (Å²) in [5, 5.41) is 15.5. The number of benzene rings is 3. The van der Waals surface area contributed by atoms with E-state index in [1.807, 2.05) is 53.3 Å². The second kappa shape index (κ2) is 9.09. The van der Waals surface area contributed by atoms with Crippen LogP contribution >= 0.6 is 0 Å². The maximum absolute atomic E-state index is 10.9. The van der Waals surface area contributed by atoms with Crippen molar-refractivity contribution in [2.75, 3.05) is 6.61 Å². The van der Waals surface area contributed by atoms with Crippen molar-refractivity contribution >= 4 is 22.8 Å². The molecule has 0 bridgehead atoms. The van der Waals surface area contributed by atoms with Gasteiger partial charge in [0.1, 0.15) is 5.75 Å². The third-order valence-electron chi connectivity index (χ3n) is 4.88. The Morgan fingerprint density at radius 3 is 2.70 bits per heavy atom. The van der Waals surface area contributed by atoms with Crippen molar-refractivity contribution in [1.82, 2.24) is 9.78 Å². The molecule has 0 spiro atoms.